The highest BCUT2D eigenvalue weighted by Gasteiger charge is 2.19. The van der Waals surface area contributed by atoms with Crippen molar-refractivity contribution in [2.24, 2.45) is 0 Å². The van der Waals surface area contributed by atoms with E-state index < -0.39 is 0 Å². The average molecular weight is 561 g/mol. The van der Waals surface area contributed by atoms with Crippen molar-refractivity contribution in [1.82, 2.24) is 4.98 Å². The van der Waals surface area contributed by atoms with Crippen LogP contribution in [-0.2, 0) is 0 Å². The molecule has 6 aromatic carbocycles. The van der Waals surface area contributed by atoms with E-state index in [1.807, 2.05) is 17.4 Å². The lowest BCUT2D eigenvalue weighted by molar-refractivity contribution is 1.30. The molecule has 0 aliphatic rings. The molecule has 4 heteroatoms. The summed E-state index contributed by atoms with van der Waals surface area (Å²) in [5.41, 5.74) is 8.11. The monoisotopic (exact) mass is 560 g/mol. The number of thiazole rings is 1. The molecule has 0 saturated carbocycles. The van der Waals surface area contributed by atoms with Crippen molar-refractivity contribution in [2.45, 2.75) is 0 Å². The summed E-state index contributed by atoms with van der Waals surface area (Å²) in [6.07, 6.45) is 0. The Kier molecular flexibility index (Phi) is 5.87. The van der Waals surface area contributed by atoms with Crippen LogP contribution in [0.1, 0.15) is 0 Å². The van der Waals surface area contributed by atoms with Gasteiger partial charge in [-0.2, -0.15) is 0 Å². The summed E-state index contributed by atoms with van der Waals surface area (Å²) in [5, 5.41) is 3.62. The number of para-hydroxylation sites is 1. The van der Waals surface area contributed by atoms with Crippen molar-refractivity contribution in [1.29, 1.82) is 0 Å². The van der Waals surface area contributed by atoms with Crippen molar-refractivity contribution in [3.63, 3.8) is 0 Å². The molecular weight excluding hydrogens is 537 g/mol. The number of anilines is 3. The van der Waals surface area contributed by atoms with Crippen LogP contribution in [-0.4, -0.2) is 4.98 Å². The maximum Gasteiger partial charge on any atom is 0.124 e. The molecule has 0 radical (unpaired) electrons. The number of benzene rings is 6. The lowest BCUT2D eigenvalue weighted by Gasteiger charge is -2.26. The van der Waals surface area contributed by atoms with Crippen molar-refractivity contribution >= 4 is 70.1 Å². The maximum absolute atomic E-state index is 5.00. The summed E-state index contributed by atoms with van der Waals surface area (Å²) in [7, 11) is 0. The van der Waals surface area contributed by atoms with Gasteiger partial charge >= 0.3 is 0 Å². The first-order valence-corrected chi connectivity index (χ1v) is 15.3. The molecule has 2 aromatic heterocycles. The first-order valence-electron chi connectivity index (χ1n) is 13.6. The predicted molar refractivity (Wildman–Crippen MR) is 178 cm³/mol. The first-order chi connectivity index (χ1) is 20.3. The molecular formula is C37H24N2S2. The Labute approximate surface area is 246 Å². The maximum atomic E-state index is 5.00. The van der Waals surface area contributed by atoms with E-state index in [2.05, 4.69) is 144 Å². The normalized spacial score (nSPS) is 11.4. The Morgan fingerprint density at radius 3 is 1.83 bits per heavy atom. The van der Waals surface area contributed by atoms with E-state index >= 15 is 0 Å². The third kappa shape index (κ3) is 4.29. The highest BCUT2D eigenvalue weighted by Crippen LogP contribution is 2.46. The minimum absolute atomic E-state index is 1.06. The topological polar surface area (TPSA) is 16.1 Å². The number of thiophene rings is 1. The summed E-state index contributed by atoms with van der Waals surface area (Å²) in [5.74, 6) is 0. The molecule has 0 aliphatic heterocycles. The Hall–Kier alpha value is -4.77. The fourth-order valence-corrected chi connectivity index (χ4v) is 7.69. The summed E-state index contributed by atoms with van der Waals surface area (Å²) >= 11 is 3.60. The van der Waals surface area contributed by atoms with Crippen LogP contribution in [0.2, 0.25) is 0 Å². The van der Waals surface area contributed by atoms with Gasteiger partial charge in [-0.1, -0.05) is 97.1 Å². The van der Waals surface area contributed by atoms with Crippen LogP contribution >= 0.6 is 22.7 Å². The van der Waals surface area contributed by atoms with Crippen molar-refractivity contribution in [3.8, 4) is 21.7 Å². The predicted octanol–water partition coefficient (Wildman–Crippen LogP) is 11.5. The number of hydrogen-bond donors (Lipinski definition) is 0. The molecule has 0 spiro atoms. The van der Waals surface area contributed by atoms with Crippen LogP contribution in [0.4, 0.5) is 17.1 Å². The Bertz CT molecular complexity index is 2130. The summed E-state index contributed by atoms with van der Waals surface area (Å²) < 4.78 is 3.75. The second-order valence-corrected chi connectivity index (χ2v) is 12.2. The van der Waals surface area contributed by atoms with Crippen molar-refractivity contribution < 1.29 is 0 Å². The third-order valence-electron chi connectivity index (χ3n) is 7.49. The summed E-state index contributed by atoms with van der Waals surface area (Å²) in [6.45, 7) is 0. The molecule has 2 nitrogen and oxygen atoms in total. The van der Waals surface area contributed by atoms with E-state index in [0.29, 0.717) is 0 Å². The Balaban J connectivity index is 1.32. The minimum Gasteiger partial charge on any atom is -0.310 e. The molecule has 8 aromatic rings. The number of aromatic nitrogens is 1. The fraction of sp³-hybridized carbons (Fsp3) is 0. The molecule has 0 amide bonds. The van der Waals surface area contributed by atoms with E-state index in [4.69, 9.17) is 4.98 Å². The first kappa shape index (κ1) is 24.1. The largest absolute Gasteiger partial charge is 0.310 e. The van der Waals surface area contributed by atoms with Gasteiger partial charge in [0.25, 0.3) is 0 Å². The average Bonchev–Trinajstić information content (AvgIpc) is 3.63. The quantitative estimate of drug-likeness (QED) is 0.208. The highest BCUT2D eigenvalue weighted by atomic mass is 32.1. The van der Waals surface area contributed by atoms with E-state index in [1.165, 1.54) is 41.7 Å². The molecule has 0 aliphatic carbocycles. The fourth-order valence-electron chi connectivity index (χ4n) is 5.56. The second-order valence-electron chi connectivity index (χ2n) is 10.0. The van der Waals surface area contributed by atoms with Gasteiger partial charge < -0.3 is 4.90 Å². The van der Waals surface area contributed by atoms with Gasteiger partial charge in [0.1, 0.15) is 5.01 Å². The summed E-state index contributed by atoms with van der Waals surface area (Å²) in [4.78, 5) is 7.39. The Morgan fingerprint density at radius 1 is 0.463 bits per heavy atom. The molecule has 0 bridgehead atoms. The molecule has 2 heterocycles. The number of hydrogen-bond acceptors (Lipinski definition) is 4. The van der Waals surface area contributed by atoms with Crippen molar-refractivity contribution in [2.75, 3.05) is 4.90 Å². The van der Waals surface area contributed by atoms with Gasteiger partial charge in [0.15, 0.2) is 0 Å². The smallest absolute Gasteiger partial charge is 0.124 e. The van der Waals surface area contributed by atoms with E-state index in [9.17, 15) is 0 Å². The molecule has 0 atom stereocenters. The van der Waals surface area contributed by atoms with Gasteiger partial charge in [0.05, 0.1) is 15.9 Å². The van der Waals surface area contributed by atoms with Gasteiger partial charge in [-0.3, -0.25) is 0 Å². The molecule has 0 fully saturated rings. The minimum atomic E-state index is 1.06. The second kappa shape index (κ2) is 10.0. The number of fused-ring (bicyclic) bond motifs is 4. The molecule has 0 unspecified atom stereocenters. The SMILES string of the molecule is c1ccc(-c2ccc(N(c3ccccc3)c3cccc4sc5cc6nc(-c7ccccc7)sc6cc5c34)cc2)cc1. The van der Waals surface area contributed by atoms with Gasteiger partial charge in [0, 0.05) is 37.1 Å². The van der Waals surface area contributed by atoms with Gasteiger partial charge in [0.2, 0.25) is 0 Å². The van der Waals surface area contributed by atoms with Gasteiger partial charge in [-0.25, -0.2) is 4.98 Å². The molecule has 41 heavy (non-hydrogen) atoms. The van der Waals surface area contributed by atoms with Gasteiger partial charge in [-0.15, -0.1) is 22.7 Å². The van der Waals surface area contributed by atoms with Crippen LogP contribution in [0.5, 0.6) is 0 Å². The van der Waals surface area contributed by atoms with Crippen LogP contribution in [0.25, 0.3) is 52.1 Å². The molecule has 0 saturated heterocycles. The molecule has 8 rings (SSSR count). The zero-order chi connectivity index (χ0) is 27.2. The lowest BCUT2D eigenvalue weighted by atomic mass is 10.0. The van der Waals surface area contributed by atoms with E-state index in [0.717, 1.165) is 27.5 Å². The third-order valence-corrected chi connectivity index (χ3v) is 9.68. The van der Waals surface area contributed by atoms with E-state index in [1.54, 1.807) is 11.3 Å². The Morgan fingerprint density at radius 2 is 1.10 bits per heavy atom. The zero-order valence-electron chi connectivity index (χ0n) is 22.1. The van der Waals surface area contributed by atoms with Gasteiger partial charge in [-0.05, 0) is 59.7 Å². The lowest BCUT2D eigenvalue weighted by Crippen LogP contribution is -2.10. The van der Waals surface area contributed by atoms with E-state index in [-0.39, 0.29) is 0 Å². The summed E-state index contributed by atoms with van der Waals surface area (Å²) in [6, 6.07) is 51.9. The highest BCUT2D eigenvalue weighted by molar-refractivity contribution is 7.26. The van der Waals surface area contributed by atoms with Crippen molar-refractivity contribution in [3.05, 3.63) is 146 Å². The van der Waals surface area contributed by atoms with Crippen LogP contribution < -0.4 is 4.90 Å². The number of rotatable bonds is 5. The molecule has 194 valence electrons. The molecule has 0 N–H and O–H groups in total. The number of nitrogens with zero attached hydrogens (tertiary/aromatic N) is 2. The zero-order valence-corrected chi connectivity index (χ0v) is 23.7. The van der Waals surface area contributed by atoms with Crippen LogP contribution in [0, 0.1) is 0 Å². The standard InChI is InChI=1S/C37H24N2S2/c1-4-11-25(12-5-1)26-19-21-29(22-20-26)39(28-15-8-3-9-16-28)32-17-10-18-33-36(32)30-23-35-31(24-34(30)40-33)38-37(41-35)27-13-6-2-7-14-27/h1-24H. The van der Waals surface area contributed by atoms with Crippen LogP contribution in [0.15, 0.2) is 146 Å². The van der Waals surface area contributed by atoms with Crippen LogP contribution in [0.3, 0.4) is 0 Å².